The van der Waals surface area contributed by atoms with Gasteiger partial charge in [0, 0.05) is 47.3 Å². The SMILES string of the molecule is Cc1cc(C(=O)CCC(=O)NCC(C)N2CCCC(C)C2)c(C)s1. The van der Waals surface area contributed by atoms with Crippen LogP contribution in [-0.2, 0) is 4.79 Å². The number of rotatable bonds is 7. The number of ketones is 1. The Morgan fingerprint density at radius 1 is 1.38 bits per heavy atom. The quantitative estimate of drug-likeness (QED) is 0.765. The van der Waals surface area contributed by atoms with Crippen molar-refractivity contribution in [2.24, 2.45) is 5.92 Å². The van der Waals surface area contributed by atoms with E-state index in [4.69, 9.17) is 0 Å². The van der Waals surface area contributed by atoms with Gasteiger partial charge in [0.2, 0.25) is 5.91 Å². The molecule has 1 fully saturated rings. The van der Waals surface area contributed by atoms with E-state index in [0.29, 0.717) is 12.6 Å². The minimum atomic E-state index is -0.0233. The molecule has 0 saturated carbocycles. The number of carbonyl (C=O) groups excluding carboxylic acids is 2. The summed E-state index contributed by atoms with van der Waals surface area (Å²) in [6.45, 7) is 11.3. The second-order valence-electron chi connectivity index (χ2n) is 7.15. The van der Waals surface area contributed by atoms with E-state index >= 15 is 0 Å². The van der Waals surface area contributed by atoms with E-state index in [1.54, 1.807) is 11.3 Å². The Morgan fingerprint density at radius 3 is 2.75 bits per heavy atom. The molecule has 1 N–H and O–H groups in total. The summed E-state index contributed by atoms with van der Waals surface area (Å²) in [6, 6.07) is 2.29. The van der Waals surface area contributed by atoms with Crippen molar-refractivity contribution in [3.63, 3.8) is 0 Å². The molecular formula is C19H30N2O2S. The Kier molecular flexibility index (Phi) is 6.99. The molecule has 2 atom stereocenters. The van der Waals surface area contributed by atoms with Gasteiger partial charge >= 0.3 is 0 Å². The molecule has 0 aliphatic carbocycles. The second kappa shape index (κ2) is 8.77. The maximum absolute atomic E-state index is 12.2. The summed E-state index contributed by atoms with van der Waals surface area (Å²) in [5.41, 5.74) is 0.779. The van der Waals surface area contributed by atoms with Crippen LogP contribution >= 0.6 is 11.3 Å². The lowest BCUT2D eigenvalue weighted by Gasteiger charge is -2.35. The number of amides is 1. The minimum Gasteiger partial charge on any atom is -0.355 e. The van der Waals surface area contributed by atoms with Crippen LogP contribution in [0.15, 0.2) is 6.07 Å². The van der Waals surface area contributed by atoms with E-state index in [0.717, 1.165) is 34.3 Å². The van der Waals surface area contributed by atoms with Gasteiger partial charge in [-0.3, -0.25) is 14.5 Å². The zero-order chi connectivity index (χ0) is 17.7. The van der Waals surface area contributed by atoms with E-state index in [9.17, 15) is 9.59 Å². The van der Waals surface area contributed by atoms with Crippen molar-refractivity contribution < 1.29 is 9.59 Å². The maximum Gasteiger partial charge on any atom is 0.220 e. The molecule has 2 unspecified atom stereocenters. The number of hydrogen-bond acceptors (Lipinski definition) is 4. The number of likely N-dealkylation sites (tertiary alicyclic amines) is 1. The van der Waals surface area contributed by atoms with E-state index in [2.05, 4.69) is 24.1 Å². The third kappa shape index (κ3) is 5.42. The van der Waals surface area contributed by atoms with E-state index in [1.807, 2.05) is 19.9 Å². The number of Topliss-reactive ketones (excluding diaryl/α,β-unsaturated/α-hetero) is 1. The largest absolute Gasteiger partial charge is 0.355 e. The molecule has 134 valence electrons. The maximum atomic E-state index is 12.2. The lowest BCUT2D eigenvalue weighted by atomic mass is 9.99. The first-order valence-corrected chi connectivity index (χ1v) is 9.79. The molecule has 1 aromatic rings. The van der Waals surface area contributed by atoms with Gasteiger partial charge in [0.1, 0.15) is 0 Å². The number of piperidine rings is 1. The standard InChI is InChI=1S/C19H30N2O2S/c1-13-6-5-9-21(12-13)14(2)11-20-19(23)8-7-18(22)17-10-15(3)24-16(17)4/h10,13-14H,5-9,11-12H2,1-4H3,(H,20,23). The topological polar surface area (TPSA) is 49.4 Å². The van der Waals surface area contributed by atoms with Crippen molar-refractivity contribution in [1.29, 1.82) is 0 Å². The van der Waals surface area contributed by atoms with Gasteiger partial charge in [0.15, 0.2) is 5.78 Å². The van der Waals surface area contributed by atoms with Gasteiger partial charge in [-0.25, -0.2) is 0 Å². The number of hydrogen-bond donors (Lipinski definition) is 1. The van der Waals surface area contributed by atoms with Crippen LogP contribution in [0.1, 0.15) is 59.6 Å². The Balaban J connectivity index is 1.71. The van der Waals surface area contributed by atoms with Gasteiger partial charge in [-0.05, 0) is 52.1 Å². The zero-order valence-corrected chi connectivity index (χ0v) is 16.2. The molecule has 1 amide bonds. The van der Waals surface area contributed by atoms with E-state index < -0.39 is 0 Å². The molecular weight excluding hydrogens is 320 g/mol. The Labute approximate surface area is 149 Å². The van der Waals surface area contributed by atoms with E-state index in [1.165, 1.54) is 12.8 Å². The van der Waals surface area contributed by atoms with Gasteiger partial charge < -0.3 is 5.32 Å². The van der Waals surface area contributed by atoms with Gasteiger partial charge in [0.05, 0.1) is 0 Å². The number of nitrogens with zero attached hydrogens (tertiary/aromatic N) is 1. The third-order valence-electron chi connectivity index (χ3n) is 4.83. The number of carbonyl (C=O) groups is 2. The summed E-state index contributed by atoms with van der Waals surface area (Å²) in [5.74, 6) is 0.793. The van der Waals surface area contributed by atoms with Gasteiger partial charge in [-0.15, -0.1) is 11.3 Å². The van der Waals surface area contributed by atoms with E-state index in [-0.39, 0.29) is 24.5 Å². The Morgan fingerprint density at radius 2 is 2.12 bits per heavy atom. The summed E-state index contributed by atoms with van der Waals surface area (Å²) < 4.78 is 0. The molecule has 0 radical (unpaired) electrons. The number of nitrogens with one attached hydrogen (secondary N) is 1. The van der Waals surface area contributed by atoms with Gasteiger partial charge in [0.25, 0.3) is 0 Å². The molecule has 2 rings (SSSR count). The molecule has 2 heterocycles. The highest BCUT2D eigenvalue weighted by Gasteiger charge is 2.21. The molecule has 5 heteroatoms. The van der Waals surface area contributed by atoms with Crippen molar-refractivity contribution in [2.75, 3.05) is 19.6 Å². The predicted molar refractivity (Wildman–Crippen MR) is 99.8 cm³/mol. The van der Waals surface area contributed by atoms with Gasteiger partial charge in [-0.2, -0.15) is 0 Å². The summed E-state index contributed by atoms with van der Waals surface area (Å²) in [6.07, 6.45) is 3.11. The smallest absolute Gasteiger partial charge is 0.220 e. The Hall–Kier alpha value is -1.20. The lowest BCUT2D eigenvalue weighted by molar-refractivity contribution is -0.121. The van der Waals surface area contributed by atoms with Crippen LogP contribution in [0.3, 0.4) is 0 Å². The second-order valence-corrected chi connectivity index (χ2v) is 8.61. The average Bonchev–Trinajstić information content (AvgIpc) is 2.88. The molecule has 1 aromatic heterocycles. The van der Waals surface area contributed by atoms with Crippen molar-refractivity contribution in [3.8, 4) is 0 Å². The summed E-state index contributed by atoms with van der Waals surface area (Å²) in [7, 11) is 0. The first kappa shape index (κ1) is 19.1. The molecule has 24 heavy (non-hydrogen) atoms. The first-order valence-electron chi connectivity index (χ1n) is 8.97. The highest BCUT2D eigenvalue weighted by atomic mass is 32.1. The average molecular weight is 351 g/mol. The van der Waals surface area contributed by atoms with Crippen molar-refractivity contribution >= 4 is 23.0 Å². The highest BCUT2D eigenvalue weighted by Crippen LogP contribution is 2.22. The normalized spacial score (nSPS) is 19.9. The number of thiophene rings is 1. The van der Waals surface area contributed by atoms with Crippen molar-refractivity contribution in [1.82, 2.24) is 10.2 Å². The van der Waals surface area contributed by atoms with Crippen LogP contribution < -0.4 is 5.32 Å². The lowest BCUT2D eigenvalue weighted by Crippen LogP contribution is -2.46. The fourth-order valence-electron chi connectivity index (χ4n) is 3.37. The van der Waals surface area contributed by atoms with Crippen LogP contribution in [0.4, 0.5) is 0 Å². The van der Waals surface area contributed by atoms with Crippen LogP contribution in [-0.4, -0.2) is 42.3 Å². The Bertz CT molecular complexity index is 582. The van der Waals surface area contributed by atoms with Gasteiger partial charge in [-0.1, -0.05) is 6.92 Å². The van der Waals surface area contributed by atoms with Crippen LogP contribution in [0, 0.1) is 19.8 Å². The van der Waals surface area contributed by atoms with Crippen LogP contribution in [0.5, 0.6) is 0 Å². The molecule has 4 nitrogen and oxygen atoms in total. The number of aryl methyl sites for hydroxylation is 2. The summed E-state index contributed by atoms with van der Waals surface area (Å²) >= 11 is 1.63. The molecule has 0 aromatic carbocycles. The van der Waals surface area contributed by atoms with Crippen molar-refractivity contribution in [3.05, 3.63) is 21.4 Å². The zero-order valence-electron chi connectivity index (χ0n) is 15.4. The predicted octanol–water partition coefficient (Wildman–Crippen LogP) is 3.56. The monoisotopic (exact) mass is 350 g/mol. The summed E-state index contributed by atoms with van der Waals surface area (Å²) in [5, 5.41) is 2.99. The molecule has 1 aliphatic heterocycles. The summed E-state index contributed by atoms with van der Waals surface area (Å²) in [4.78, 5) is 28.9. The molecule has 1 saturated heterocycles. The van der Waals surface area contributed by atoms with Crippen molar-refractivity contribution in [2.45, 2.75) is 59.4 Å². The third-order valence-corrected chi connectivity index (χ3v) is 5.79. The minimum absolute atomic E-state index is 0.0233. The highest BCUT2D eigenvalue weighted by molar-refractivity contribution is 7.12. The first-order chi connectivity index (χ1) is 11.4. The molecule has 1 aliphatic rings. The molecule has 0 spiro atoms. The molecule has 0 bridgehead atoms. The fraction of sp³-hybridized carbons (Fsp3) is 0.684. The van der Waals surface area contributed by atoms with Crippen LogP contribution in [0.25, 0.3) is 0 Å². The fourth-order valence-corrected chi connectivity index (χ4v) is 4.32. The van der Waals surface area contributed by atoms with Crippen LogP contribution in [0.2, 0.25) is 0 Å².